The van der Waals surface area contributed by atoms with Crippen molar-refractivity contribution in [2.24, 2.45) is 5.73 Å². The Kier molecular flexibility index (Phi) is 4.55. The molecule has 7 heteroatoms. The maximum absolute atomic E-state index is 12.7. The molecule has 1 aliphatic heterocycles. The molecule has 3 rings (SSSR count). The van der Waals surface area contributed by atoms with E-state index < -0.39 is 17.0 Å². The number of halogens is 1. The Labute approximate surface area is 145 Å². The molecule has 0 bridgehead atoms. The molecule has 0 atom stereocenters. The highest BCUT2D eigenvalue weighted by Gasteiger charge is 2.50. The Bertz CT molecular complexity index is 667. The van der Waals surface area contributed by atoms with Crippen LogP contribution in [0.25, 0.3) is 0 Å². The molecule has 1 aromatic rings. The van der Waals surface area contributed by atoms with E-state index in [1.54, 1.807) is 18.2 Å². The van der Waals surface area contributed by atoms with E-state index >= 15 is 0 Å². The molecule has 0 aromatic heterocycles. The van der Waals surface area contributed by atoms with Gasteiger partial charge in [0.05, 0.1) is 23.8 Å². The minimum absolute atomic E-state index is 0.170. The largest absolute Gasteiger partial charge is 0.465 e. The van der Waals surface area contributed by atoms with Crippen LogP contribution in [0.5, 0.6) is 0 Å². The Morgan fingerprint density at radius 3 is 2.46 bits per heavy atom. The van der Waals surface area contributed by atoms with Crippen LogP contribution < -0.4 is 11.1 Å². The molecule has 0 unspecified atom stereocenters. The first-order valence-corrected chi connectivity index (χ1v) is 8.36. The molecule has 0 radical (unpaired) electrons. The third-order valence-corrected chi connectivity index (χ3v) is 5.16. The van der Waals surface area contributed by atoms with E-state index in [0.29, 0.717) is 36.6 Å². The molecular weight excluding hydrogens is 332 g/mol. The normalized spacial score (nSPS) is 21.0. The molecule has 1 saturated heterocycles. The standard InChI is InChI=1S/C17H21ClN2O4/c1-23-14(21)11-2-3-12(13(18)10-11)17(4-5-17)20-15(22)16(19)6-8-24-9-7-16/h2-3,10H,4-9,19H2,1H3,(H,20,22). The van der Waals surface area contributed by atoms with Gasteiger partial charge in [-0.1, -0.05) is 17.7 Å². The minimum atomic E-state index is -0.897. The molecule has 1 amide bonds. The molecule has 130 valence electrons. The minimum Gasteiger partial charge on any atom is -0.465 e. The summed E-state index contributed by atoms with van der Waals surface area (Å²) in [4.78, 5) is 24.3. The van der Waals surface area contributed by atoms with E-state index in [4.69, 9.17) is 26.8 Å². The average molecular weight is 353 g/mol. The van der Waals surface area contributed by atoms with Crippen molar-refractivity contribution in [1.29, 1.82) is 0 Å². The second-order valence-electron chi connectivity index (χ2n) is 6.49. The van der Waals surface area contributed by atoms with Crippen molar-refractivity contribution in [2.75, 3.05) is 20.3 Å². The predicted molar refractivity (Wildman–Crippen MR) is 88.8 cm³/mol. The molecular formula is C17H21ClN2O4. The number of ether oxygens (including phenoxy) is 2. The molecule has 6 nitrogen and oxygen atoms in total. The number of carbonyl (C=O) groups excluding carboxylic acids is 2. The van der Waals surface area contributed by atoms with E-state index in [2.05, 4.69) is 5.32 Å². The third kappa shape index (κ3) is 3.14. The van der Waals surface area contributed by atoms with Crippen LogP contribution in [0.2, 0.25) is 5.02 Å². The zero-order chi connectivity index (χ0) is 17.4. The van der Waals surface area contributed by atoms with Crippen molar-refractivity contribution >= 4 is 23.5 Å². The monoisotopic (exact) mass is 352 g/mol. The summed E-state index contributed by atoms with van der Waals surface area (Å²) in [6.07, 6.45) is 2.60. The number of hydrogen-bond donors (Lipinski definition) is 2. The smallest absolute Gasteiger partial charge is 0.337 e. The summed E-state index contributed by atoms with van der Waals surface area (Å²) in [5, 5.41) is 3.52. The van der Waals surface area contributed by atoms with Gasteiger partial charge in [0.2, 0.25) is 5.91 Å². The van der Waals surface area contributed by atoms with E-state index in [1.807, 2.05) is 0 Å². The molecule has 1 aromatic carbocycles. The number of hydrogen-bond acceptors (Lipinski definition) is 5. The van der Waals surface area contributed by atoms with Gasteiger partial charge in [-0.3, -0.25) is 4.79 Å². The summed E-state index contributed by atoms with van der Waals surface area (Å²) in [5.41, 5.74) is 6.05. The van der Waals surface area contributed by atoms with Gasteiger partial charge in [0.15, 0.2) is 0 Å². The summed E-state index contributed by atoms with van der Waals surface area (Å²) in [5.74, 6) is -0.614. The van der Waals surface area contributed by atoms with Crippen LogP contribution in [-0.2, 0) is 19.8 Å². The third-order valence-electron chi connectivity index (χ3n) is 4.85. The highest BCUT2D eigenvalue weighted by atomic mass is 35.5. The fraction of sp³-hybridized carbons (Fsp3) is 0.529. The van der Waals surface area contributed by atoms with Crippen LogP contribution in [0.3, 0.4) is 0 Å². The lowest BCUT2D eigenvalue weighted by Crippen LogP contribution is -2.58. The van der Waals surface area contributed by atoms with Gasteiger partial charge in [-0.2, -0.15) is 0 Å². The van der Waals surface area contributed by atoms with Gasteiger partial charge < -0.3 is 20.5 Å². The van der Waals surface area contributed by atoms with Crippen molar-refractivity contribution in [1.82, 2.24) is 5.32 Å². The summed E-state index contributed by atoms with van der Waals surface area (Å²) < 4.78 is 9.98. The quantitative estimate of drug-likeness (QED) is 0.805. The first kappa shape index (κ1) is 17.2. The summed E-state index contributed by atoms with van der Waals surface area (Å²) in [6.45, 7) is 0.983. The lowest BCUT2D eigenvalue weighted by atomic mass is 9.89. The van der Waals surface area contributed by atoms with Crippen LogP contribution >= 0.6 is 11.6 Å². The zero-order valence-electron chi connectivity index (χ0n) is 13.6. The Morgan fingerprint density at radius 2 is 1.92 bits per heavy atom. The fourth-order valence-corrected chi connectivity index (χ4v) is 3.40. The fourth-order valence-electron chi connectivity index (χ4n) is 3.04. The van der Waals surface area contributed by atoms with Crippen LogP contribution in [0, 0.1) is 0 Å². The topological polar surface area (TPSA) is 90.7 Å². The summed E-state index contributed by atoms with van der Waals surface area (Å²) >= 11 is 6.35. The van der Waals surface area contributed by atoms with Crippen LogP contribution in [0.4, 0.5) is 0 Å². The molecule has 2 aliphatic rings. The number of nitrogens with one attached hydrogen (secondary N) is 1. The van der Waals surface area contributed by atoms with Gasteiger partial charge >= 0.3 is 5.97 Å². The van der Waals surface area contributed by atoms with E-state index in [9.17, 15) is 9.59 Å². The number of carbonyl (C=O) groups is 2. The number of methoxy groups -OCH3 is 1. The predicted octanol–water partition coefficient (Wildman–Crippen LogP) is 1.74. The van der Waals surface area contributed by atoms with Crippen molar-refractivity contribution in [3.63, 3.8) is 0 Å². The van der Waals surface area contributed by atoms with Crippen molar-refractivity contribution in [3.8, 4) is 0 Å². The molecule has 1 heterocycles. The Hall–Kier alpha value is -1.63. The molecule has 1 saturated carbocycles. The number of amides is 1. The van der Waals surface area contributed by atoms with Gasteiger partial charge in [-0.25, -0.2) is 4.79 Å². The number of esters is 1. The first-order valence-electron chi connectivity index (χ1n) is 7.98. The summed E-state index contributed by atoms with van der Waals surface area (Å²) in [6, 6.07) is 5.00. The number of nitrogens with two attached hydrogens (primary N) is 1. The molecule has 1 aliphatic carbocycles. The van der Waals surface area contributed by atoms with Gasteiger partial charge in [0.25, 0.3) is 0 Å². The molecule has 3 N–H and O–H groups in total. The van der Waals surface area contributed by atoms with Gasteiger partial charge in [-0.05, 0) is 43.4 Å². The van der Waals surface area contributed by atoms with Gasteiger partial charge in [0, 0.05) is 18.2 Å². The SMILES string of the molecule is COC(=O)c1ccc(C2(NC(=O)C3(N)CCOCC3)CC2)c(Cl)c1. The van der Waals surface area contributed by atoms with Gasteiger partial charge in [0.1, 0.15) is 0 Å². The maximum Gasteiger partial charge on any atom is 0.337 e. The van der Waals surface area contributed by atoms with Crippen LogP contribution in [0.1, 0.15) is 41.6 Å². The lowest BCUT2D eigenvalue weighted by Gasteiger charge is -2.34. The second kappa shape index (κ2) is 6.35. The number of benzene rings is 1. The van der Waals surface area contributed by atoms with E-state index in [-0.39, 0.29) is 5.91 Å². The van der Waals surface area contributed by atoms with Crippen molar-refractivity contribution < 1.29 is 19.1 Å². The lowest BCUT2D eigenvalue weighted by molar-refractivity contribution is -0.130. The van der Waals surface area contributed by atoms with E-state index in [1.165, 1.54) is 7.11 Å². The van der Waals surface area contributed by atoms with Crippen LogP contribution in [-0.4, -0.2) is 37.7 Å². The zero-order valence-corrected chi connectivity index (χ0v) is 14.3. The molecule has 0 spiro atoms. The first-order chi connectivity index (χ1) is 11.4. The Morgan fingerprint density at radius 1 is 1.25 bits per heavy atom. The maximum atomic E-state index is 12.7. The highest BCUT2D eigenvalue weighted by molar-refractivity contribution is 6.32. The number of rotatable bonds is 4. The molecule has 24 heavy (non-hydrogen) atoms. The van der Waals surface area contributed by atoms with Crippen molar-refractivity contribution in [3.05, 3.63) is 34.3 Å². The van der Waals surface area contributed by atoms with Gasteiger partial charge in [-0.15, -0.1) is 0 Å². The second-order valence-corrected chi connectivity index (χ2v) is 6.90. The Balaban J connectivity index is 1.79. The average Bonchev–Trinajstić information content (AvgIpc) is 3.35. The molecule has 2 fully saturated rings. The summed E-state index contributed by atoms with van der Waals surface area (Å²) in [7, 11) is 1.32. The highest BCUT2D eigenvalue weighted by Crippen LogP contribution is 2.48. The van der Waals surface area contributed by atoms with Crippen molar-refractivity contribution in [2.45, 2.75) is 36.8 Å². The van der Waals surface area contributed by atoms with Crippen LogP contribution in [0.15, 0.2) is 18.2 Å². The van der Waals surface area contributed by atoms with E-state index in [0.717, 1.165) is 18.4 Å².